The van der Waals surface area contributed by atoms with Crippen LogP contribution in [0.15, 0.2) is 24.3 Å². The first-order valence-corrected chi connectivity index (χ1v) is 7.38. The molecule has 3 nitrogen and oxygen atoms in total. The first-order chi connectivity index (χ1) is 10.3. The zero-order valence-corrected chi connectivity index (χ0v) is 12.0. The average Bonchev–Trinajstić information content (AvgIpc) is 2.53. The number of benzene rings is 1. The predicted molar refractivity (Wildman–Crippen MR) is 79.3 cm³/mol. The van der Waals surface area contributed by atoms with Crippen molar-refractivity contribution in [1.82, 2.24) is 5.32 Å². The molecule has 0 spiro atoms. The fraction of sp³-hybridized carbons (Fsp3) is 0.471. The third-order valence-corrected chi connectivity index (χ3v) is 3.59. The van der Waals surface area contributed by atoms with E-state index in [1.54, 1.807) is 18.2 Å². The standard InChI is InChI=1S/C17H20FNO2/c18-15-10-4-5-11-16(15)21-13-7-6-12-19-17(20)14-8-2-1-3-9-14/h4-5,10-11,14H,1-3,8-9,12-13H2,(H,19,20). The summed E-state index contributed by atoms with van der Waals surface area (Å²) in [6, 6.07) is 6.21. The molecule has 1 aliphatic rings. The lowest BCUT2D eigenvalue weighted by atomic mass is 9.89. The van der Waals surface area contributed by atoms with Crippen LogP contribution in [0.1, 0.15) is 32.1 Å². The van der Waals surface area contributed by atoms with Gasteiger partial charge in [0.1, 0.15) is 6.61 Å². The smallest absolute Gasteiger partial charge is 0.223 e. The van der Waals surface area contributed by atoms with Crippen LogP contribution in [0.25, 0.3) is 0 Å². The number of nitrogens with one attached hydrogen (secondary N) is 1. The molecule has 0 radical (unpaired) electrons. The minimum absolute atomic E-state index is 0.0963. The monoisotopic (exact) mass is 289 g/mol. The van der Waals surface area contributed by atoms with Gasteiger partial charge in [-0.05, 0) is 25.0 Å². The van der Waals surface area contributed by atoms with Gasteiger partial charge in [0, 0.05) is 5.92 Å². The topological polar surface area (TPSA) is 38.3 Å². The van der Waals surface area contributed by atoms with Gasteiger partial charge in [-0.3, -0.25) is 4.79 Å². The Morgan fingerprint density at radius 3 is 2.76 bits per heavy atom. The van der Waals surface area contributed by atoms with Crippen molar-refractivity contribution in [3.8, 4) is 17.6 Å². The van der Waals surface area contributed by atoms with Gasteiger partial charge in [-0.1, -0.05) is 43.2 Å². The van der Waals surface area contributed by atoms with Crippen molar-refractivity contribution in [3.05, 3.63) is 30.1 Å². The lowest BCUT2D eigenvalue weighted by Gasteiger charge is -2.19. The number of ether oxygens (including phenoxy) is 1. The van der Waals surface area contributed by atoms with E-state index in [4.69, 9.17) is 4.74 Å². The van der Waals surface area contributed by atoms with E-state index in [0.29, 0.717) is 6.54 Å². The highest BCUT2D eigenvalue weighted by molar-refractivity contribution is 5.78. The summed E-state index contributed by atoms with van der Waals surface area (Å²) in [5.74, 6) is 5.62. The lowest BCUT2D eigenvalue weighted by molar-refractivity contribution is -0.125. The Morgan fingerprint density at radius 1 is 1.24 bits per heavy atom. The molecule has 0 aliphatic heterocycles. The van der Waals surface area contributed by atoms with Crippen molar-refractivity contribution >= 4 is 5.91 Å². The van der Waals surface area contributed by atoms with Gasteiger partial charge in [0.15, 0.2) is 11.6 Å². The zero-order chi connectivity index (χ0) is 14.9. The van der Waals surface area contributed by atoms with Gasteiger partial charge in [0.25, 0.3) is 0 Å². The molecule has 2 rings (SSSR count). The fourth-order valence-electron chi connectivity index (χ4n) is 2.43. The number of carbonyl (C=O) groups excluding carboxylic acids is 1. The second-order valence-corrected chi connectivity index (χ2v) is 5.13. The maximum Gasteiger partial charge on any atom is 0.223 e. The maximum absolute atomic E-state index is 13.2. The second-order valence-electron chi connectivity index (χ2n) is 5.13. The number of hydrogen-bond donors (Lipinski definition) is 1. The summed E-state index contributed by atoms with van der Waals surface area (Å²) in [5, 5.41) is 2.82. The molecule has 0 aromatic heterocycles. The Labute approximate surface area is 124 Å². The van der Waals surface area contributed by atoms with Crippen LogP contribution >= 0.6 is 0 Å². The Balaban J connectivity index is 1.65. The Morgan fingerprint density at radius 2 is 2.00 bits per heavy atom. The molecule has 0 atom stereocenters. The Bertz CT molecular complexity index is 527. The number of halogens is 1. The van der Waals surface area contributed by atoms with Crippen LogP contribution < -0.4 is 10.1 Å². The van der Waals surface area contributed by atoms with Crippen LogP contribution in [0.3, 0.4) is 0 Å². The van der Waals surface area contributed by atoms with E-state index in [1.165, 1.54) is 12.5 Å². The molecule has 112 valence electrons. The summed E-state index contributed by atoms with van der Waals surface area (Å²) in [4.78, 5) is 11.8. The van der Waals surface area contributed by atoms with Crippen LogP contribution in [0.2, 0.25) is 0 Å². The second kappa shape index (κ2) is 8.31. The van der Waals surface area contributed by atoms with Crippen LogP contribution in [0, 0.1) is 23.6 Å². The third kappa shape index (κ3) is 5.11. The van der Waals surface area contributed by atoms with Gasteiger partial charge in [0.2, 0.25) is 5.91 Å². The minimum atomic E-state index is -0.398. The summed E-state index contributed by atoms with van der Waals surface area (Å²) in [6.45, 7) is 0.427. The van der Waals surface area contributed by atoms with Gasteiger partial charge in [-0.2, -0.15) is 0 Å². The number of para-hydroxylation sites is 1. The largest absolute Gasteiger partial charge is 0.478 e. The quantitative estimate of drug-likeness (QED) is 0.866. The third-order valence-electron chi connectivity index (χ3n) is 3.59. The van der Waals surface area contributed by atoms with E-state index in [9.17, 15) is 9.18 Å². The van der Waals surface area contributed by atoms with Crippen molar-refractivity contribution in [2.24, 2.45) is 5.92 Å². The van der Waals surface area contributed by atoms with Crippen molar-refractivity contribution in [3.63, 3.8) is 0 Å². The molecule has 1 aromatic carbocycles. The zero-order valence-electron chi connectivity index (χ0n) is 12.0. The molecular formula is C17H20FNO2. The van der Waals surface area contributed by atoms with Crippen LogP contribution in [-0.4, -0.2) is 19.1 Å². The minimum Gasteiger partial charge on any atom is -0.478 e. The number of rotatable bonds is 4. The fourth-order valence-corrected chi connectivity index (χ4v) is 2.43. The molecule has 1 N–H and O–H groups in total. The lowest BCUT2D eigenvalue weighted by Crippen LogP contribution is -2.32. The van der Waals surface area contributed by atoms with E-state index in [1.807, 2.05) is 0 Å². The van der Waals surface area contributed by atoms with E-state index in [2.05, 4.69) is 17.2 Å². The Hall–Kier alpha value is -2.02. The van der Waals surface area contributed by atoms with E-state index >= 15 is 0 Å². The molecular weight excluding hydrogens is 269 g/mol. The molecule has 1 saturated carbocycles. The molecule has 1 aliphatic carbocycles. The maximum atomic E-state index is 13.2. The first kappa shape index (κ1) is 15.4. The number of hydrogen-bond acceptors (Lipinski definition) is 2. The first-order valence-electron chi connectivity index (χ1n) is 7.38. The Kier molecular flexibility index (Phi) is 6.08. The highest BCUT2D eigenvalue weighted by Gasteiger charge is 2.19. The molecule has 0 heterocycles. The molecule has 0 saturated heterocycles. The molecule has 4 heteroatoms. The SMILES string of the molecule is O=C(NCC#CCOc1ccccc1F)C1CCCCC1. The molecule has 1 aromatic rings. The molecule has 0 unspecified atom stereocenters. The van der Waals surface area contributed by atoms with E-state index in [0.717, 1.165) is 25.7 Å². The summed E-state index contributed by atoms with van der Waals surface area (Å²) in [5.41, 5.74) is 0. The van der Waals surface area contributed by atoms with Gasteiger partial charge < -0.3 is 10.1 Å². The molecule has 0 bridgehead atoms. The van der Waals surface area contributed by atoms with Gasteiger partial charge in [-0.25, -0.2) is 4.39 Å². The van der Waals surface area contributed by atoms with E-state index < -0.39 is 5.82 Å². The number of amides is 1. The van der Waals surface area contributed by atoms with Gasteiger partial charge >= 0.3 is 0 Å². The van der Waals surface area contributed by atoms with Gasteiger partial charge in [-0.15, -0.1) is 0 Å². The summed E-state index contributed by atoms with van der Waals surface area (Å²) in [6.07, 6.45) is 5.47. The highest BCUT2D eigenvalue weighted by Crippen LogP contribution is 2.23. The summed E-state index contributed by atoms with van der Waals surface area (Å²) in [7, 11) is 0. The van der Waals surface area contributed by atoms with Crippen molar-refractivity contribution in [1.29, 1.82) is 0 Å². The van der Waals surface area contributed by atoms with E-state index in [-0.39, 0.29) is 24.2 Å². The molecule has 1 fully saturated rings. The van der Waals surface area contributed by atoms with Crippen LogP contribution in [-0.2, 0) is 4.79 Å². The van der Waals surface area contributed by atoms with Crippen molar-refractivity contribution in [2.45, 2.75) is 32.1 Å². The highest BCUT2D eigenvalue weighted by atomic mass is 19.1. The summed E-state index contributed by atoms with van der Waals surface area (Å²) < 4.78 is 18.4. The molecule has 1 amide bonds. The van der Waals surface area contributed by atoms with Crippen molar-refractivity contribution < 1.29 is 13.9 Å². The normalized spacial score (nSPS) is 14.9. The van der Waals surface area contributed by atoms with Crippen LogP contribution in [0.5, 0.6) is 5.75 Å². The van der Waals surface area contributed by atoms with Gasteiger partial charge in [0.05, 0.1) is 6.54 Å². The number of carbonyl (C=O) groups is 1. The summed E-state index contributed by atoms with van der Waals surface area (Å²) >= 11 is 0. The van der Waals surface area contributed by atoms with Crippen LogP contribution in [0.4, 0.5) is 4.39 Å². The average molecular weight is 289 g/mol. The van der Waals surface area contributed by atoms with Crippen molar-refractivity contribution in [2.75, 3.05) is 13.2 Å². The predicted octanol–water partition coefficient (Wildman–Crippen LogP) is 2.90. The molecule has 21 heavy (non-hydrogen) atoms.